The van der Waals surface area contributed by atoms with Gasteiger partial charge in [0.25, 0.3) is 5.22 Å². The van der Waals surface area contributed by atoms with Gasteiger partial charge in [-0.2, -0.15) is 0 Å². The second-order valence-corrected chi connectivity index (χ2v) is 7.34. The van der Waals surface area contributed by atoms with Gasteiger partial charge in [0.15, 0.2) is 5.78 Å². The molecule has 0 saturated carbocycles. The summed E-state index contributed by atoms with van der Waals surface area (Å²) in [6, 6.07) is 20.8. The Kier molecular flexibility index (Phi) is 5.39. The average Bonchev–Trinajstić information content (AvgIpc) is 3.21. The standard InChI is InChI=1S/C22H17N3O3S/c1-14(26)16-7-4-8-19(12-16)23-20(27)13-29-22-25-24-21(28-22)18-10-9-15-5-2-3-6-17(15)11-18/h2-12H,13H2,1H3,(H,23,27). The minimum atomic E-state index is -0.221. The van der Waals surface area contributed by atoms with Gasteiger partial charge < -0.3 is 9.73 Å². The monoisotopic (exact) mass is 403 g/mol. The van der Waals surface area contributed by atoms with Crippen LogP contribution in [-0.2, 0) is 4.79 Å². The van der Waals surface area contributed by atoms with Gasteiger partial charge in [-0.1, -0.05) is 54.2 Å². The van der Waals surface area contributed by atoms with E-state index in [0.29, 0.717) is 22.4 Å². The zero-order chi connectivity index (χ0) is 20.2. The first kappa shape index (κ1) is 18.9. The Labute approximate surface area is 171 Å². The van der Waals surface area contributed by atoms with Gasteiger partial charge in [-0.15, -0.1) is 10.2 Å². The summed E-state index contributed by atoms with van der Waals surface area (Å²) in [7, 11) is 0. The number of ketones is 1. The molecule has 6 nitrogen and oxygen atoms in total. The molecule has 0 bridgehead atoms. The topological polar surface area (TPSA) is 85.1 Å². The molecular formula is C22H17N3O3S. The number of hydrogen-bond donors (Lipinski definition) is 1. The number of aromatic nitrogens is 2. The summed E-state index contributed by atoms with van der Waals surface area (Å²) in [4.78, 5) is 23.6. The molecule has 0 unspecified atom stereocenters. The summed E-state index contributed by atoms with van der Waals surface area (Å²) in [5.41, 5.74) is 1.95. The summed E-state index contributed by atoms with van der Waals surface area (Å²) >= 11 is 1.16. The molecule has 3 aromatic carbocycles. The van der Waals surface area contributed by atoms with Crippen LogP contribution in [-0.4, -0.2) is 27.6 Å². The zero-order valence-electron chi connectivity index (χ0n) is 15.6. The van der Waals surface area contributed by atoms with Gasteiger partial charge in [-0.25, -0.2) is 0 Å². The molecule has 0 aliphatic heterocycles. The van der Waals surface area contributed by atoms with Gasteiger partial charge in [0.1, 0.15) is 0 Å². The van der Waals surface area contributed by atoms with Crippen LogP contribution in [0.25, 0.3) is 22.2 Å². The highest BCUT2D eigenvalue weighted by molar-refractivity contribution is 7.99. The SMILES string of the molecule is CC(=O)c1cccc(NC(=O)CSc2nnc(-c3ccc4ccccc4c3)o2)c1. The largest absolute Gasteiger partial charge is 0.411 e. The Morgan fingerprint density at radius 2 is 1.79 bits per heavy atom. The lowest BCUT2D eigenvalue weighted by molar-refractivity contribution is -0.113. The Morgan fingerprint density at radius 1 is 0.966 bits per heavy atom. The highest BCUT2D eigenvalue weighted by Gasteiger charge is 2.12. The van der Waals surface area contributed by atoms with Crippen LogP contribution < -0.4 is 5.32 Å². The molecule has 0 atom stereocenters. The molecule has 4 aromatic rings. The van der Waals surface area contributed by atoms with Crippen molar-refractivity contribution in [3.63, 3.8) is 0 Å². The lowest BCUT2D eigenvalue weighted by atomic mass is 10.1. The van der Waals surface area contributed by atoms with E-state index >= 15 is 0 Å². The van der Waals surface area contributed by atoms with Gasteiger partial charge in [0, 0.05) is 16.8 Å². The minimum Gasteiger partial charge on any atom is -0.411 e. The van der Waals surface area contributed by atoms with Crippen molar-refractivity contribution in [3.05, 3.63) is 72.3 Å². The Morgan fingerprint density at radius 3 is 2.62 bits per heavy atom. The smallest absolute Gasteiger partial charge is 0.277 e. The van der Waals surface area contributed by atoms with Crippen molar-refractivity contribution in [2.75, 3.05) is 11.1 Å². The molecular weight excluding hydrogens is 386 g/mol. The van der Waals surface area contributed by atoms with E-state index in [1.54, 1.807) is 24.3 Å². The first-order valence-corrected chi connectivity index (χ1v) is 9.93. The van der Waals surface area contributed by atoms with E-state index < -0.39 is 0 Å². The normalized spacial score (nSPS) is 10.8. The van der Waals surface area contributed by atoms with Gasteiger partial charge >= 0.3 is 0 Å². The summed E-state index contributed by atoms with van der Waals surface area (Å²) in [6.07, 6.45) is 0. The molecule has 7 heteroatoms. The first-order valence-electron chi connectivity index (χ1n) is 8.95. The van der Waals surface area contributed by atoms with E-state index in [1.807, 2.05) is 42.5 Å². The van der Waals surface area contributed by atoms with Crippen LogP contribution in [0.3, 0.4) is 0 Å². The lowest BCUT2D eigenvalue weighted by Gasteiger charge is -2.05. The van der Waals surface area contributed by atoms with Crippen LogP contribution in [0, 0.1) is 0 Å². The fourth-order valence-corrected chi connectivity index (χ4v) is 3.41. The number of nitrogens with one attached hydrogen (secondary N) is 1. The summed E-state index contributed by atoms with van der Waals surface area (Å²) < 4.78 is 5.69. The number of fused-ring (bicyclic) bond motifs is 1. The fraction of sp³-hybridized carbons (Fsp3) is 0.0909. The number of carbonyl (C=O) groups is 2. The Balaban J connectivity index is 1.39. The predicted octanol–water partition coefficient (Wildman–Crippen LogP) is 4.82. The van der Waals surface area contributed by atoms with Crippen molar-refractivity contribution < 1.29 is 14.0 Å². The molecule has 29 heavy (non-hydrogen) atoms. The molecule has 0 spiro atoms. The van der Waals surface area contributed by atoms with Crippen LogP contribution >= 0.6 is 11.8 Å². The van der Waals surface area contributed by atoms with E-state index in [4.69, 9.17) is 4.42 Å². The van der Waals surface area contributed by atoms with E-state index in [0.717, 1.165) is 28.1 Å². The van der Waals surface area contributed by atoms with Crippen molar-refractivity contribution in [2.24, 2.45) is 0 Å². The number of carbonyl (C=O) groups excluding carboxylic acids is 2. The van der Waals surface area contributed by atoms with Gasteiger partial charge in [0.05, 0.1) is 5.75 Å². The first-order chi connectivity index (χ1) is 14.1. The van der Waals surface area contributed by atoms with Crippen molar-refractivity contribution in [1.29, 1.82) is 0 Å². The van der Waals surface area contributed by atoms with Gasteiger partial charge in [0.2, 0.25) is 11.8 Å². The number of benzene rings is 3. The van der Waals surface area contributed by atoms with Gasteiger partial charge in [-0.05, 0) is 42.0 Å². The Bertz CT molecular complexity index is 1200. The summed E-state index contributed by atoms with van der Waals surface area (Å²) in [5, 5.41) is 13.4. The maximum atomic E-state index is 12.2. The van der Waals surface area contributed by atoms with Crippen LogP contribution in [0.15, 0.2) is 76.4 Å². The third-order valence-electron chi connectivity index (χ3n) is 4.28. The minimum absolute atomic E-state index is 0.0532. The average molecular weight is 403 g/mol. The van der Waals surface area contributed by atoms with Crippen molar-refractivity contribution in [2.45, 2.75) is 12.1 Å². The molecule has 1 heterocycles. The molecule has 144 valence electrons. The molecule has 0 aliphatic rings. The highest BCUT2D eigenvalue weighted by atomic mass is 32.2. The molecule has 1 amide bonds. The van der Waals surface area contributed by atoms with Crippen LogP contribution in [0.1, 0.15) is 17.3 Å². The van der Waals surface area contributed by atoms with Crippen molar-refractivity contribution in [1.82, 2.24) is 10.2 Å². The second-order valence-electron chi connectivity index (χ2n) is 6.41. The second kappa shape index (κ2) is 8.28. The number of thioether (sulfide) groups is 1. The highest BCUT2D eigenvalue weighted by Crippen LogP contribution is 2.26. The number of amides is 1. The van der Waals surface area contributed by atoms with E-state index in [9.17, 15) is 9.59 Å². The number of anilines is 1. The quantitative estimate of drug-likeness (QED) is 0.367. The maximum Gasteiger partial charge on any atom is 0.277 e. The van der Waals surface area contributed by atoms with E-state index in [1.165, 1.54) is 6.92 Å². The molecule has 0 aliphatic carbocycles. The van der Waals surface area contributed by atoms with Crippen LogP contribution in [0.2, 0.25) is 0 Å². The molecule has 0 radical (unpaired) electrons. The molecule has 1 N–H and O–H groups in total. The summed E-state index contributed by atoms with van der Waals surface area (Å²) in [5.74, 6) is 0.250. The predicted molar refractivity (Wildman–Crippen MR) is 113 cm³/mol. The van der Waals surface area contributed by atoms with Crippen LogP contribution in [0.4, 0.5) is 5.69 Å². The molecule has 4 rings (SSSR count). The number of rotatable bonds is 6. The Hall–Kier alpha value is -3.45. The molecule has 1 aromatic heterocycles. The van der Waals surface area contributed by atoms with Crippen LogP contribution in [0.5, 0.6) is 0 Å². The van der Waals surface area contributed by atoms with Gasteiger partial charge in [-0.3, -0.25) is 9.59 Å². The lowest BCUT2D eigenvalue weighted by Crippen LogP contribution is -2.14. The summed E-state index contributed by atoms with van der Waals surface area (Å²) in [6.45, 7) is 1.49. The van der Waals surface area contributed by atoms with E-state index in [2.05, 4.69) is 15.5 Å². The number of nitrogens with zero attached hydrogens (tertiary/aromatic N) is 2. The third kappa shape index (κ3) is 4.52. The third-order valence-corrected chi connectivity index (χ3v) is 5.10. The fourth-order valence-electron chi connectivity index (χ4n) is 2.85. The number of Topliss-reactive ketones (excluding diaryl/α,β-unsaturated/α-hetero) is 1. The maximum absolute atomic E-state index is 12.2. The number of hydrogen-bond acceptors (Lipinski definition) is 6. The zero-order valence-corrected chi connectivity index (χ0v) is 16.4. The van der Waals surface area contributed by atoms with Crippen molar-refractivity contribution in [3.8, 4) is 11.5 Å². The molecule has 0 fully saturated rings. The molecule has 0 saturated heterocycles. The van der Waals surface area contributed by atoms with Crippen molar-refractivity contribution >= 4 is 39.9 Å². The van der Waals surface area contributed by atoms with E-state index in [-0.39, 0.29) is 17.4 Å².